The Bertz CT molecular complexity index is 570. The molecule has 2 atom stereocenters. The Hall–Kier alpha value is -1.62. The van der Waals surface area contributed by atoms with E-state index in [-0.39, 0.29) is 18.0 Å². The molecule has 1 aromatic carbocycles. The van der Waals surface area contributed by atoms with E-state index in [0.29, 0.717) is 18.5 Å². The zero-order valence-electron chi connectivity index (χ0n) is 15.5. The lowest BCUT2D eigenvalue weighted by Crippen LogP contribution is -2.45. The molecule has 1 aliphatic heterocycles. The number of hydrogen-bond donors (Lipinski definition) is 1. The van der Waals surface area contributed by atoms with E-state index in [9.17, 15) is 14.3 Å². The first-order valence-corrected chi connectivity index (χ1v) is 9.19. The lowest BCUT2D eigenvalue weighted by molar-refractivity contribution is 0.00643. The highest BCUT2D eigenvalue weighted by Crippen LogP contribution is 2.27. The highest BCUT2D eigenvalue weighted by molar-refractivity contribution is 5.68. The molecule has 1 N–H and O–H groups in total. The highest BCUT2D eigenvalue weighted by atomic mass is 19.1. The topological polar surface area (TPSA) is 49.8 Å². The molecule has 0 bridgehead atoms. The summed E-state index contributed by atoms with van der Waals surface area (Å²) in [5.41, 5.74) is -0.00302. The summed E-state index contributed by atoms with van der Waals surface area (Å²) in [7, 11) is 0. The first-order valence-electron chi connectivity index (χ1n) is 9.19. The Morgan fingerprint density at radius 3 is 2.72 bits per heavy atom. The van der Waals surface area contributed by atoms with Crippen LogP contribution in [0.2, 0.25) is 0 Å². The van der Waals surface area contributed by atoms with Gasteiger partial charge in [0.2, 0.25) is 0 Å². The molecule has 1 amide bonds. The maximum Gasteiger partial charge on any atom is 0.410 e. The summed E-state index contributed by atoms with van der Waals surface area (Å²) in [5, 5.41) is 10.5. The molecule has 5 heteroatoms. The van der Waals surface area contributed by atoms with Crippen molar-refractivity contribution in [1.29, 1.82) is 0 Å². The van der Waals surface area contributed by atoms with Crippen molar-refractivity contribution in [2.45, 2.75) is 77.0 Å². The number of hydrogen-bond acceptors (Lipinski definition) is 3. The molecule has 0 spiro atoms. The molecule has 2 rings (SSSR count). The van der Waals surface area contributed by atoms with Crippen molar-refractivity contribution in [3.05, 3.63) is 35.6 Å². The fourth-order valence-electron chi connectivity index (χ4n) is 3.27. The summed E-state index contributed by atoms with van der Waals surface area (Å²) in [6.45, 7) is 6.19. The monoisotopic (exact) mass is 351 g/mol. The maximum absolute atomic E-state index is 13.4. The summed E-state index contributed by atoms with van der Waals surface area (Å²) in [4.78, 5) is 14.4. The number of aliphatic hydroxyl groups excluding tert-OH is 1. The van der Waals surface area contributed by atoms with Gasteiger partial charge in [0, 0.05) is 12.6 Å². The quantitative estimate of drug-likeness (QED) is 0.849. The highest BCUT2D eigenvalue weighted by Gasteiger charge is 2.30. The number of halogens is 1. The smallest absolute Gasteiger partial charge is 0.410 e. The Morgan fingerprint density at radius 1 is 1.32 bits per heavy atom. The van der Waals surface area contributed by atoms with Gasteiger partial charge in [0.25, 0.3) is 0 Å². The Kier molecular flexibility index (Phi) is 6.82. The second kappa shape index (κ2) is 8.65. The third-order valence-corrected chi connectivity index (χ3v) is 4.48. The van der Waals surface area contributed by atoms with Crippen molar-refractivity contribution in [3.8, 4) is 0 Å². The second-order valence-electron chi connectivity index (χ2n) is 7.84. The van der Waals surface area contributed by atoms with Gasteiger partial charge in [0.05, 0.1) is 6.10 Å². The van der Waals surface area contributed by atoms with Gasteiger partial charge in [-0.3, -0.25) is 0 Å². The van der Waals surface area contributed by atoms with E-state index < -0.39 is 11.7 Å². The van der Waals surface area contributed by atoms with Crippen LogP contribution in [0.25, 0.3) is 0 Å². The van der Waals surface area contributed by atoms with Crippen LogP contribution >= 0.6 is 0 Å². The molecule has 0 aromatic heterocycles. The van der Waals surface area contributed by atoms with Crippen LogP contribution in [0.15, 0.2) is 24.3 Å². The van der Waals surface area contributed by atoms with Crippen LogP contribution in [0.3, 0.4) is 0 Å². The number of ether oxygens (including phenoxy) is 1. The van der Waals surface area contributed by atoms with Crippen LogP contribution < -0.4 is 0 Å². The molecule has 4 nitrogen and oxygen atoms in total. The van der Waals surface area contributed by atoms with Gasteiger partial charge in [-0.1, -0.05) is 31.4 Å². The Labute approximate surface area is 150 Å². The van der Waals surface area contributed by atoms with E-state index in [4.69, 9.17) is 4.74 Å². The largest absolute Gasteiger partial charge is 0.444 e. The fourth-order valence-corrected chi connectivity index (χ4v) is 3.27. The summed E-state index contributed by atoms with van der Waals surface area (Å²) in [6, 6.07) is 5.92. The van der Waals surface area contributed by atoms with Crippen LogP contribution in [0.4, 0.5) is 9.18 Å². The lowest BCUT2D eigenvalue weighted by atomic mass is 9.95. The van der Waals surface area contributed by atoms with Crippen molar-refractivity contribution >= 4 is 6.09 Å². The summed E-state index contributed by atoms with van der Waals surface area (Å²) < 4.78 is 19.0. The zero-order chi connectivity index (χ0) is 18.4. The fraction of sp³-hybridized carbons (Fsp3) is 0.650. The molecule has 0 aliphatic carbocycles. The minimum absolute atomic E-state index is 0.103. The number of aliphatic hydroxyl groups is 1. The number of rotatable bonds is 3. The van der Waals surface area contributed by atoms with Gasteiger partial charge < -0.3 is 14.7 Å². The van der Waals surface area contributed by atoms with Gasteiger partial charge in [-0.25, -0.2) is 9.18 Å². The first kappa shape index (κ1) is 19.7. The van der Waals surface area contributed by atoms with Gasteiger partial charge >= 0.3 is 6.09 Å². The normalized spacial score (nSPS) is 20.5. The summed E-state index contributed by atoms with van der Waals surface area (Å²) in [5.74, 6) is -0.363. The first-order chi connectivity index (χ1) is 11.8. The lowest BCUT2D eigenvalue weighted by Gasteiger charge is -2.36. The van der Waals surface area contributed by atoms with E-state index in [2.05, 4.69) is 0 Å². The average molecular weight is 351 g/mol. The molecule has 0 radical (unpaired) electrons. The second-order valence-corrected chi connectivity index (χ2v) is 7.84. The molecule has 2 unspecified atom stereocenters. The minimum Gasteiger partial charge on any atom is -0.444 e. The van der Waals surface area contributed by atoms with Gasteiger partial charge in [-0.15, -0.1) is 0 Å². The molecular formula is C20H30FNO3. The number of amides is 1. The van der Waals surface area contributed by atoms with Crippen LogP contribution in [0, 0.1) is 5.82 Å². The summed E-state index contributed by atoms with van der Waals surface area (Å²) in [6.07, 6.45) is 4.27. The number of carbonyl (C=O) groups is 1. The molecular weight excluding hydrogens is 321 g/mol. The average Bonchev–Trinajstić information content (AvgIpc) is 2.48. The number of nitrogens with zero attached hydrogens (tertiary/aromatic N) is 1. The van der Waals surface area contributed by atoms with Gasteiger partial charge in [0.15, 0.2) is 0 Å². The van der Waals surface area contributed by atoms with Gasteiger partial charge in [-0.05, 0) is 57.7 Å². The van der Waals surface area contributed by atoms with E-state index in [1.54, 1.807) is 17.0 Å². The molecule has 0 saturated carbocycles. The third-order valence-electron chi connectivity index (χ3n) is 4.48. The molecule has 25 heavy (non-hydrogen) atoms. The standard InChI is InChI=1S/C20H30FNO3/c1-20(2,3)25-19(24)22-12-7-5-4-6-11-17(22)14-18(23)15-9-8-10-16(21)13-15/h8-10,13,17-18,23H,4-7,11-12,14H2,1-3H3. The minimum atomic E-state index is -0.801. The van der Waals surface area contributed by atoms with Crippen LogP contribution in [-0.4, -0.2) is 34.3 Å². The van der Waals surface area contributed by atoms with Crippen molar-refractivity contribution in [1.82, 2.24) is 4.90 Å². The molecule has 1 heterocycles. The number of likely N-dealkylation sites (tertiary alicyclic amines) is 1. The van der Waals surface area contributed by atoms with Crippen molar-refractivity contribution in [2.75, 3.05) is 6.54 Å². The van der Waals surface area contributed by atoms with Crippen LogP contribution in [0.1, 0.15) is 71.0 Å². The zero-order valence-corrected chi connectivity index (χ0v) is 15.5. The molecule has 1 saturated heterocycles. The Balaban J connectivity index is 2.12. The third kappa shape index (κ3) is 6.31. The van der Waals surface area contributed by atoms with E-state index >= 15 is 0 Å². The SMILES string of the molecule is CC(C)(C)OC(=O)N1CCCCCCC1CC(O)c1cccc(F)c1. The van der Waals surface area contributed by atoms with Gasteiger partial charge in [-0.2, -0.15) is 0 Å². The molecule has 1 fully saturated rings. The van der Waals surface area contributed by atoms with Crippen LogP contribution in [-0.2, 0) is 4.74 Å². The van der Waals surface area contributed by atoms with E-state index in [1.165, 1.54) is 12.1 Å². The summed E-state index contributed by atoms with van der Waals surface area (Å²) >= 11 is 0. The van der Waals surface area contributed by atoms with E-state index in [0.717, 1.165) is 32.1 Å². The van der Waals surface area contributed by atoms with Crippen molar-refractivity contribution in [3.63, 3.8) is 0 Å². The van der Waals surface area contributed by atoms with E-state index in [1.807, 2.05) is 20.8 Å². The molecule has 1 aliphatic rings. The molecule has 1 aromatic rings. The number of benzene rings is 1. The van der Waals surface area contributed by atoms with Crippen molar-refractivity contribution < 1.29 is 19.0 Å². The number of carbonyl (C=O) groups excluding carboxylic acids is 1. The van der Waals surface area contributed by atoms with Crippen molar-refractivity contribution in [2.24, 2.45) is 0 Å². The predicted octanol–water partition coefficient (Wildman–Crippen LogP) is 4.82. The van der Waals surface area contributed by atoms with Crippen LogP contribution in [0.5, 0.6) is 0 Å². The van der Waals surface area contributed by atoms with Gasteiger partial charge in [0.1, 0.15) is 11.4 Å². The molecule has 140 valence electrons. The Morgan fingerprint density at radius 2 is 2.04 bits per heavy atom. The maximum atomic E-state index is 13.4. The predicted molar refractivity (Wildman–Crippen MR) is 95.8 cm³/mol.